The van der Waals surface area contributed by atoms with Crippen LogP contribution in [0.25, 0.3) is 0 Å². The smallest absolute Gasteiger partial charge is 0.000976 e. The minimum Gasteiger partial charge on any atom is -0.303 e. The molecular formula is C15H29N. The number of nitrogens with zero attached hydrogens (tertiary/aromatic N) is 1. The zero-order valence-corrected chi connectivity index (χ0v) is 11.3. The summed E-state index contributed by atoms with van der Waals surface area (Å²) in [6.45, 7) is 8.95. The molecule has 0 aromatic heterocycles. The van der Waals surface area contributed by atoms with Gasteiger partial charge in [0.15, 0.2) is 0 Å². The molecule has 1 nitrogen and oxygen atoms in total. The fourth-order valence-electron chi connectivity index (χ4n) is 3.67. The molecule has 0 aromatic carbocycles. The van der Waals surface area contributed by atoms with Crippen molar-refractivity contribution in [3.05, 3.63) is 0 Å². The van der Waals surface area contributed by atoms with Crippen molar-refractivity contribution in [3.63, 3.8) is 0 Å². The minimum absolute atomic E-state index is 0.993. The van der Waals surface area contributed by atoms with E-state index in [1.807, 2.05) is 0 Å². The van der Waals surface area contributed by atoms with E-state index in [4.69, 9.17) is 0 Å². The van der Waals surface area contributed by atoms with Gasteiger partial charge in [-0.25, -0.2) is 0 Å². The van der Waals surface area contributed by atoms with Gasteiger partial charge in [-0.1, -0.05) is 33.1 Å². The van der Waals surface area contributed by atoms with Crippen molar-refractivity contribution in [3.8, 4) is 0 Å². The molecule has 2 rings (SSSR count). The van der Waals surface area contributed by atoms with Crippen molar-refractivity contribution in [1.29, 1.82) is 0 Å². The van der Waals surface area contributed by atoms with Crippen LogP contribution in [0, 0.1) is 17.8 Å². The Bertz CT molecular complexity index is 194. The number of rotatable bonds is 3. The molecule has 2 atom stereocenters. The normalized spacial score (nSPS) is 34.1. The lowest BCUT2D eigenvalue weighted by Crippen LogP contribution is -2.38. The summed E-state index contributed by atoms with van der Waals surface area (Å²) in [7, 11) is 0. The topological polar surface area (TPSA) is 3.24 Å². The van der Waals surface area contributed by atoms with Gasteiger partial charge < -0.3 is 4.90 Å². The first-order valence-corrected chi connectivity index (χ1v) is 7.50. The standard InChI is InChI=1S/C15H29N/c1-3-14-7-9-16(10-8-14)12-15-6-4-5-13(2)11-15/h13-15H,3-12H2,1-2H3. The molecule has 1 saturated carbocycles. The zero-order valence-electron chi connectivity index (χ0n) is 11.3. The molecule has 1 saturated heterocycles. The molecule has 0 bridgehead atoms. The van der Waals surface area contributed by atoms with Crippen molar-refractivity contribution in [2.24, 2.45) is 17.8 Å². The fourth-order valence-corrected chi connectivity index (χ4v) is 3.67. The van der Waals surface area contributed by atoms with Crippen LogP contribution >= 0.6 is 0 Å². The molecule has 0 N–H and O–H groups in total. The molecule has 1 heteroatoms. The molecule has 0 aromatic rings. The third-order valence-corrected chi connectivity index (χ3v) is 4.85. The first-order valence-electron chi connectivity index (χ1n) is 7.50. The van der Waals surface area contributed by atoms with Crippen LogP contribution in [0.5, 0.6) is 0 Å². The molecule has 94 valence electrons. The van der Waals surface area contributed by atoms with Gasteiger partial charge in [0.2, 0.25) is 0 Å². The zero-order chi connectivity index (χ0) is 11.4. The maximum atomic E-state index is 2.74. The van der Waals surface area contributed by atoms with Crippen LogP contribution < -0.4 is 0 Å². The first kappa shape index (κ1) is 12.4. The van der Waals surface area contributed by atoms with E-state index in [0.717, 1.165) is 17.8 Å². The van der Waals surface area contributed by atoms with Gasteiger partial charge in [-0.3, -0.25) is 0 Å². The van der Waals surface area contributed by atoms with E-state index in [1.165, 1.54) is 64.6 Å². The summed E-state index contributed by atoms with van der Waals surface area (Å²) in [6.07, 6.45) is 10.3. The van der Waals surface area contributed by atoms with Crippen LogP contribution in [0.1, 0.15) is 58.8 Å². The lowest BCUT2D eigenvalue weighted by atomic mass is 9.82. The highest BCUT2D eigenvalue weighted by atomic mass is 15.1. The second-order valence-electron chi connectivity index (χ2n) is 6.29. The monoisotopic (exact) mass is 223 g/mol. The minimum atomic E-state index is 0.993. The molecule has 2 aliphatic rings. The third-order valence-electron chi connectivity index (χ3n) is 4.85. The SMILES string of the molecule is CCC1CCN(CC2CCCC(C)C2)CC1. The predicted octanol–water partition coefficient (Wildman–Crippen LogP) is 3.93. The lowest BCUT2D eigenvalue weighted by Gasteiger charge is -2.36. The molecule has 2 fully saturated rings. The van der Waals surface area contributed by atoms with Crippen LogP contribution in [0.2, 0.25) is 0 Å². The van der Waals surface area contributed by atoms with E-state index >= 15 is 0 Å². The van der Waals surface area contributed by atoms with E-state index in [0.29, 0.717) is 0 Å². The van der Waals surface area contributed by atoms with Crippen LogP contribution in [0.15, 0.2) is 0 Å². The Balaban J connectivity index is 1.69. The van der Waals surface area contributed by atoms with Gasteiger partial charge in [0.1, 0.15) is 0 Å². The number of piperidine rings is 1. The number of hydrogen-bond donors (Lipinski definition) is 0. The second-order valence-corrected chi connectivity index (χ2v) is 6.29. The molecule has 16 heavy (non-hydrogen) atoms. The van der Waals surface area contributed by atoms with E-state index in [9.17, 15) is 0 Å². The van der Waals surface area contributed by atoms with Crippen LogP contribution in [-0.4, -0.2) is 24.5 Å². The van der Waals surface area contributed by atoms with E-state index in [2.05, 4.69) is 18.7 Å². The maximum Gasteiger partial charge on any atom is 0.000976 e. The summed E-state index contributed by atoms with van der Waals surface area (Å²) in [4.78, 5) is 2.74. The van der Waals surface area contributed by atoms with Crippen molar-refractivity contribution in [1.82, 2.24) is 4.90 Å². The molecule has 2 unspecified atom stereocenters. The van der Waals surface area contributed by atoms with Gasteiger partial charge in [0.25, 0.3) is 0 Å². The highest BCUT2D eigenvalue weighted by Gasteiger charge is 2.23. The highest BCUT2D eigenvalue weighted by Crippen LogP contribution is 2.30. The second kappa shape index (κ2) is 6.05. The Morgan fingerprint density at radius 2 is 1.75 bits per heavy atom. The van der Waals surface area contributed by atoms with Gasteiger partial charge in [-0.2, -0.15) is 0 Å². The Morgan fingerprint density at radius 3 is 2.38 bits per heavy atom. The molecule has 1 heterocycles. The van der Waals surface area contributed by atoms with Gasteiger partial charge in [0, 0.05) is 6.54 Å². The van der Waals surface area contributed by atoms with E-state index in [-0.39, 0.29) is 0 Å². The number of hydrogen-bond acceptors (Lipinski definition) is 1. The molecule has 0 spiro atoms. The fraction of sp³-hybridized carbons (Fsp3) is 1.00. The van der Waals surface area contributed by atoms with Gasteiger partial charge in [0.05, 0.1) is 0 Å². The van der Waals surface area contributed by atoms with Gasteiger partial charge in [-0.15, -0.1) is 0 Å². The predicted molar refractivity (Wildman–Crippen MR) is 70.6 cm³/mol. The lowest BCUT2D eigenvalue weighted by molar-refractivity contribution is 0.134. The third kappa shape index (κ3) is 3.48. The summed E-state index contributed by atoms with van der Waals surface area (Å²) in [5.74, 6) is 3.04. The van der Waals surface area contributed by atoms with E-state index < -0.39 is 0 Å². The highest BCUT2D eigenvalue weighted by molar-refractivity contribution is 4.77. The molecule has 0 radical (unpaired) electrons. The largest absolute Gasteiger partial charge is 0.303 e. The van der Waals surface area contributed by atoms with Crippen LogP contribution in [0.4, 0.5) is 0 Å². The van der Waals surface area contributed by atoms with Crippen LogP contribution in [0.3, 0.4) is 0 Å². The average molecular weight is 223 g/mol. The molecular weight excluding hydrogens is 194 g/mol. The van der Waals surface area contributed by atoms with E-state index in [1.54, 1.807) is 0 Å². The first-order chi connectivity index (χ1) is 7.78. The summed E-state index contributed by atoms with van der Waals surface area (Å²) < 4.78 is 0. The Hall–Kier alpha value is -0.0400. The maximum absolute atomic E-state index is 2.74. The molecule has 0 amide bonds. The Labute approximate surface area is 102 Å². The van der Waals surface area contributed by atoms with Gasteiger partial charge in [-0.05, 0) is 56.5 Å². The van der Waals surface area contributed by atoms with Crippen molar-refractivity contribution in [2.75, 3.05) is 19.6 Å². The number of likely N-dealkylation sites (tertiary alicyclic amines) is 1. The Kier molecular flexibility index (Phi) is 4.69. The van der Waals surface area contributed by atoms with Crippen molar-refractivity contribution >= 4 is 0 Å². The Morgan fingerprint density at radius 1 is 1.00 bits per heavy atom. The average Bonchev–Trinajstić information content (AvgIpc) is 2.30. The summed E-state index contributed by atoms with van der Waals surface area (Å²) >= 11 is 0. The summed E-state index contributed by atoms with van der Waals surface area (Å²) in [5.41, 5.74) is 0. The van der Waals surface area contributed by atoms with Crippen LogP contribution in [-0.2, 0) is 0 Å². The van der Waals surface area contributed by atoms with Crippen molar-refractivity contribution in [2.45, 2.75) is 58.8 Å². The quantitative estimate of drug-likeness (QED) is 0.700. The summed E-state index contributed by atoms with van der Waals surface area (Å²) in [5, 5.41) is 0. The molecule has 1 aliphatic carbocycles. The summed E-state index contributed by atoms with van der Waals surface area (Å²) in [6, 6.07) is 0. The molecule has 1 aliphatic heterocycles. The van der Waals surface area contributed by atoms with Gasteiger partial charge >= 0.3 is 0 Å². The van der Waals surface area contributed by atoms with Crippen molar-refractivity contribution < 1.29 is 0 Å².